The van der Waals surface area contributed by atoms with Crippen LogP contribution in [-0.2, 0) is 14.2 Å². The molecular formula is C42H73BrN8O7. The van der Waals surface area contributed by atoms with E-state index in [-0.39, 0.29) is 17.1 Å². The summed E-state index contributed by atoms with van der Waals surface area (Å²) in [4.78, 5) is 19.6. The third-order valence-corrected chi connectivity index (χ3v) is 6.42. The number of nitrogens with one attached hydrogen (secondary N) is 3. The van der Waals surface area contributed by atoms with Crippen LogP contribution in [0.1, 0.15) is 76.2 Å². The van der Waals surface area contributed by atoms with E-state index < -0.39 is 16.3 Å². The summed E-state index contributed by atoms with van der Waals surface area (Å²) in [6.45, 7) is 23.1. The molecule has 0 atom stereocenters. The van der Waals surface area contributed by atoms with Gasteiger partial charge in [-0.2, -0.15) is 0 Å². The Morgan fingerprint density at radius 1 is 0.534 bits per heavy atom. The summed E-state index contributed by atoms with van der Waals surface area (Å²) in [7, 11) is 5.35. The monoisotopic (exact) mass is 880 g/mol. The first-order valence-electron chi connectivity index (χ1n) is 19.4. The molecule has 0 heterocycles. The van der Waals surface area contributed by atoms with Gasteiger partial charge in [0.2, 0.25) is 0 Å². The van der Waals surface area contributed by atoms with E-state index in [9.17, 15) is 20.2 Å². The summed E-state index contributed by atoms with van der Waals surface area (Å²) in [5.41, 5.74) is 20.8. The highest BCUT2D eigenvalue weighted by atomic mass is 79.9. The summed E-state index contributed by atoms with van der Waals surface area (Å²) in [5.74, 6) is 0. The number of hydrogen-bond acceptors (Lipinski definition) is 13. The largest absolute Gasteiger partial charge is 0.397 e. The van der Waals surface area contributed by atoms with Gasteiger partial charge in [0, 0.05) is 57.6 Å². The highest BCUT2D eigenvalue weighted by Gasteiger charge is 2.09. The van der Waals surface area contributed by atoms with Crippen molar-refractivity contribution in [2.24, 2.45) is 0 Å². The Kier molecular flexibility index (Phi) is 47.7. The van der Waals surface area contributed by atoms with Gasteiger partial charge in [-0.3, -0.25) is 20.2 Å². The number of rotatable bonds is 11. The van der Waals surface area contributed by atoms with Gasteiger partial charge in [0.1, 0.15) is 11.4 Å². The number of hydrogen-bond donors (Lipinski definition) is 6. The second kappa shape index (κ2) is 44.6. The second-order valence-corrected chi connectivity index (χ2v) is 10.2. The molecule has 0 saturated carbocycles. The number of nitro benzene ring substituents is 2. The molecule has 0 aliphatic carbocycles. The molecule has 0 spiro atoms. The lowest BCUT2D eigenvalue weighted by Crippen LogP contribution is -2.20. The van der Waals surface area contributed by atoms with E-state index in [0.29, 0.717) is 25.5 Å². The fourth-order valence-electron chi connectivity index (χ4n) is 3.52. The highest BCUT2D eigenvalue weighted by molar-refractivity contribution is 9.10. The average molecular weight is 882 g/mol. The van der Waals surface area contributed by atoms with Crippen molar-refractivity contribution in [3.05, 3.63) is 116 Å². The Morgan fingerprint density at radius 3 is 1.17 bits per heavy atom. The van der Waals surface area contributed by atoms with E-state index in [0.717, 1.165) is 27.2 Å². The first-order valence-corrected chi connectivity index (χ1v) is 20.2. The Hall–Kier alpha value is -5.16. The molecule has 0 amide bonds. The van der Waals surface area contributed by atoms with E-state index in [2.05, 4.69) is 31.9 Å². The molecule has 0 aliphatic heterocycles. The van der Waals surface area contributed by atoms with Gasteiger partial charge in [-0.15, -0.1) is 0 Å². The van der Waals surface area contributed by atoms with Crippen LogP contribution >= 0.6 is 15.9 Å². The number of benzene rings is 4. The number of anilines is 6. The van der Waals surface area contributed by atoms with Crippen molar-refractivity contribution in [3.63, 3.8) is 0 Å². The maximum atomic E-state index is 10.3. The van der Waals surface area contributed by atoms with Crippen LogP contribution in [0.3, 0.4) is 0 Å². The van der Waals surface area contributed by atoms with Crippen molar-refractivity contribution < 1.29 is 24.1 Å². The SMILES string of the molecule is CC.CC.CC.CC.CCOC(OCC)OCC.CNc1cc(Br)ccc1N.CNc1ccccc1N.CNc1ccccc1[N+](=O)[O-].Nc1ccccc1[N+](=O)[O-]. The lowest BCUT2D eigenvalue weighted by Gasteiger charge is -2.15. The van der Waals surface area contributed by atoms with Crippen LogP contribution in [0.15, 0.2) is 95.5 Å². The Bertz CT molecular complexity index is 1540. The number of nitro groups is 2. The van der Waals surface area contributed by atoms with Crippen molar-refractivity contribution in [1.82, 2.24) is 0 Å². The number of nitrogens with zero attached hydrogens (tertiary/aromatic N) is 2. The quantitative estimate of drug-likeness (QED) is 0.0357. The standard InChI is InChI=1S/C7H9BrN2.C7H8N2O2.C7H10N2.C7H16O3.C6H6N2O2.4C2H6/c1-10-7-4-5(8)2-3-6(7)9;1-8-6-4-2-3-5-7(6)9(10)11;1-9-7-5-3-2-4-6(7)8;1-4-8-7(9-5-2)10-6-3;7-5-3-1-2-4-6(5)8(9)10;4*1-2/h2-4,10H,9H2,1H3;2-5,8H,1H3;2-5,9H,8H2,1H3;7H,4-6H2,1-3H3;1-4H,7H2;4*1-2H3. The molecule has 330 valence electrons. The minimum atomic E-state index is -0.505. The Labute approximate surface area is 356 Å². The van der Waals surface area contributed by atoms with Crippen molar-refractivity contribution in [1.29, 1.82) is 0 Å². The van der Waals surface area contributed by atoms with Gasteiger partial charge < -0.3 is 47.4 Å². The highest BCUT2D eigenvalue weighted by Crippen LogP contribution is 2.23. The lowest BCUT2D eigenvalue weighted by atomic mass is 10.3. The number of para-hydroxylation sites is 6. The number of nitrogens with two attached hydrogens (primary N) is 3. The number of halogens is 1. The van der Waals surface area contributed by atoms with Crippen LogP contribution in [-0.4, -0.2) is 57.3 Å². The first-order chi connectivity index (χ1) is 27.9. The Morgan fingerprint density at radius 2 is 0.879 bits per heavy atom. The molecule has 58 heavy (non-hydrogen) atoms. The van der Waals surface area contributed by atoms with Crippen molar-refractivity contribution >= 4 is 61.4 Å². The van der Waals surface area contributed by atoms with Crippen molar-refractivity contribution in [3.8, 4) is 0 Å². The average Bonchev–Trinajstić information content (AvgIpc) is 3.26. The minimum Gasteiger partial charge on any atom is -0.397 e. The number of ether oxygens (including phenoxy) is 3. The molecule has 15 nitrogen and oxygen atoms in total. The van der Waals surface area contributed by atoms with Gasteiger partial charge in [-0.25, -0.2) is 0 Å². The third kappa shape index (κ3) is 31.0. The lowest BCUT2D eigenvalue weighted by molar-refractivity contribution is -0.384. The van der Waals surface area contributed by atoms with Crippen LogP contribution < -0.4 is 33.2 Å². The molecule has 16 heteroatoms. The smallest absolute Gasteiger partial charge is 0.292 e. The Balaban J connectivity index is -0.000000193. The topological polar surface area (TPSA) is 228 Å². The predicted molar refractivity (Wildman–Crippen MR) is 253 cm³/mol. The summed E-state index contributed by atoms with van der Waals surface area (Å²) < 4.78 is 16.3. The van der Waals surface area contributed by atoms with Gasteiger partial charge in [0.15, 0.2) is 0 Å². The zero-order chi connectivity index (χ0) is 45.9. The molecule has 0 bridgehead atoms. The van der Waals surface area contributed by atoms with Gasteiger partial charge >= 0.3 is 0 Å². The molecule has 9 N–H and O–H groups in total. The van der Waals surface area contributed by atoms with Crippen LogP contribution in [0.4, 0.5) is 45.5 Å². The van der Waals surface area contributed by atoms with Crippen molar-refractivity contribution in [2.75, 3.05) is 74.1 Å². The predicted octanol–water partition coefficient (Wildman–Crippen LogP) is 11.7. The molecule has 4 aromatic carbocycles. The molecule has 0 unspecified atom stereocenters. The van der Waals surface area contributed by atoms with E-state index in [4.69, 9.17) is 31.4 Å². The molecule has 0 radical (unpaired) electrons. The normalized spacial score (nSPS) is 8.62. The third-order valence-electron chi connectivity index (χ3n) is 5.93. The minimum absolute atomic E-state index is 0.0394. The summed E-state index contributed by atoms with van der Waals surface area (Å²) >= 11 is 3.34. The van der Waals surface area contributed by atoms with E-state index >= 15 is 0 Å². The van der Waals surface area contributed by atoms with Gasteiger partial charge in [0.05, 0.1) is 32.6 Å². The molecule has 4 aromatic rings. The second-order valence-electron chi connectivity index (χ2n) is 9.31. The summed E-state index contributed by atoms with van der Waals surface area (Å²) in [5, 5.41) is 29.2. The molecule has 0 saturated heterocycles. The number of nitrogen functional groups attached to an aromatic ring is 3. The van der Waals surface area contributed by atoms with Crippen LogP contribution in [0.5, 0.6) is 0 Å². The zero-order valence-corrected chi connectivity index (χ0v) is 38.8. The van der Waals surface area contributed by atoms with Crippen LogP contribution in [0, 0.1) is 20.2 Å². The van der Waals surface area contributed by atoms with Gasteiger partial charge in [0.25, 0.3) is 17.9 Å². The summed E-state index contributed by atoms with van der Waals surface area (Å²) in [6.07, 6.45) is 0. The zero-order valence-electron chi connectivity index (χ0n) is 37.2. The fraction of sp³-hybridized carbons (Fsp3) is 0.429. The van der Waals surface area contributed by atoms with Crippen LogP contribution in [0.25, 0.3) is 0 Å². The molecule has 0 aliphatic rings. The van der Waals surface area contributed by atoms with E-state index in [1.807, 2.05) is 133 Å². The first kappa shape index (κ1) is 62.0. The molecule has 4 rings (SSSR count). The fourth-order valence-corrected chi connectivity index (χ4v) is 3.88. The maximum absolute atomic E-state index is 10.3. The summed E-state index contributed by atoms with van der Waals surface area (Å²) in [6, 6.07) is 26.0. The van der Waals surface area contributed by atoms with Gasteiger partial charge in [-0.1, -0.05) is 108 Å². The molecular weight excluding hydrogens is 808 g/mol. The van der Waals surface area contributed by atoms with Crippen LogP contribution in [0.2, 0.25) is 0 Å². The van der Waals surface area contributed by atoms with Gasteiger partial charge in [-0.05, 0) is 63.2 Å². The molecule has 0 fully saturated rings. The van der Waals surface area contributed by atoms with E-state index in [1.54, 1.807) is 37.4 Å². The maximum Gasteiger partial charge on any atom is 0.292 e. The van der Waals surface area contributed by atoms with E-state index in [1.165, 1.54) is 18.2 Å². The van der Waals surface area contributed by atoms with Crippen molar-refractivity contribution in [2.45, 2.75) is 82.6 Å². The molecule has 0 aromatic heterocycles.